The maximum Gasteiger partial charge on any atom is 0.225 e. The molecule has 1 aliphatic rings. The molecule has 0 saturated carbocycles. The van der Waals surface area contributed by atoms with Crippen LogP contribution in [0.2, 0.25) is 0 Å². The molecule has 25 heavy (non-hydrogen) atoms. The van der Waals surface area contributed by atoms with Crippen LogP contribution >= 0.6 is 0 Å². The molecule has 1 N–H and O–H groups in total. The van der Waals surface area contributed by atoms with Gasteiger partial charge in [-0.3, -0.25) is 4.79 Å². The number of fused-ring (bicyclic) bond motifs is 1. The first-order valence-electron chi connectivity index (χ1n) is 8.58. The number of ether oxygens (including phenoxy) is 3. The third-order valence-electron chi connectivity index (χ3n) is 4.09. The number of nitrogens with one attached hydrogen (secondary N) is 1. The van der Waals surface area contributed by atoms with E-state index in [-0.39, 0.29) is 11.8 Å². The van der Waals surface area contributed by atoms with Crippen molar-refractivity contribution < 1.29 is 19.0 Å². The van der Waals surface area contributed by atoms with Crippen molar-refractivity contribution in [2.45, 2.75) is 26.2 Å². The number of benzene rings is 2. The molecule has 0 saturated heterocycles. The van der Waals surface area contributed by atoms with Crippen molar-refractivity contribution in [1.82, 2.24) is 0 Å². The lowest BCUT2D eigenvalue weighted by molar-refractivity contribution is -0.116. The van der Waals surface area contributed by atoms with Crippen molar-refractivity contribution in [3.05, 3.63) is 48.0 Å². The Labute approximate surface area is 147 Å². The van der Waals surface area contributed by atoms with Gasteiger partial charge in [0.1, 0.15) is 19.0 Å². The zero-order valence-corrected chi connectivity index (χ0v) is 14.6. The van der Waals surface area contributed by atoms with E-state index in [0.717, 1.165) is 17.1 Å². The molecule has 0 aliphatic carbocycles. The standard InChI is InChI=1S/C20H23NO4/c1-3-23-17-7-5-4-6-16(17)21-20(22)12-14(2)15-8-9-18-19(13-15)25-11-10-24-18/h4-9,13-14H,3,10-12H2,1-2H3,(H,21,22). The fourth-order valence-corrected chi connectivity index (χ4v) is 2.81. The van der Waals surface area contributed by atoms with E-state index < -0.39 is 0 Å². The molecule has 5 nitrogen and oxygen atoms in total. The summed E-state index contributed by atoms with van der Waals surface area (Å²) >= 11 is 0. The summed E-state index contributed by atoms with van der Waals surface area (Å²) in [6.45, 7) is 5.63. The fourth-order valence-electron chi connectivity index (χ4n) is 2.81. The minimum Gasteiger partial charge on any atom is -0.492 e. The van der Waals surface area contributed by atoms with Gasteiger partial charge in [0.25, 0.3) is 0 Å². The Kier molecular flexibility index (Phi) is 5.43. The van der Waals surface area contributed by atoms with Crippen LogP contribution in [0.15, 0.2) is 42.5 Å². The molecule has 0 spiro atoms. The maximum atomic E-state index is 12.4. The van der Waals surface area contributed by atoms with Gasteiger partial charge in [0, 0.05) is 6.42 Å². The molecule has 2 aromatic rings. The zero-order chi connectivity index (χ0) is 17.6. The monoisotopic (exact) mass is 341 g/mol. The van der Waals surface area contributed by atoms with Gasteiger partial charge in [-0.2, -0.15) is 0 Å². The van der Waals surface area contributed by atoms with E-state index in [0.29, 0.717) is 37.7 Å². The number of carbonyl (C=O) groups excluding carboxylic acids is 1. The van der Waals surface area contributed by atoms with Gasteiger partial charge in [0.05, 0.1) is 12.3 Å². The van der Waals surface area contributed by atoms with Gasteiger partial charge >= 0.3 is 0 Å². The maximum absolute atomic E-state index is 12.4. The topological polar surface area (TPSA) is 56.8 Å². The van der Waals surface area contributed by atoms with Gasteiger partial charge in [-0.05, 0) is 42.7 Å². The first-order chi connectivity index (χ1) is 12.2. The summed E-state index contributed by atoms with van der Waals surface area (Å²) in [7, 11) is 0. The number of carbonyl (C=O) groups is 1. The van der Waals surface area contributed by atoms with Crippen LogP contribution < -0.4 is 19.5 Å². The molecule has 0 fully saturated rings. The normalized spacial score (nSPS) is 13.8. The second-order valence-corrected chi connectivity index (χ2v) is 5.99. The molecule has 1 unspecified atom stereocenters. The minimum atomic E-state index is -0.0467. The molecule has 2 aromatic carbocycles. The predicted octanol–water partition coefficient (Wildman–Crippen LogP) is 3.99. The van der Waals surface area contributed by atoms with Crippen molar-refractivity contribution in [1.29, 1.82) is 0 Å². The lowest BCUT2D eigenvalue weighted by atomic mass is 9.97. The van der Waals surface area contributed by atoms with Crippen LogP contribution in [-0.2, 0) is 4.79 Å². The Hall–Kier alpha value is -2.69. The van der Waals surface area contributed by atoms with Gasteiger partial charge in [-0.25, -0.2) is 0 Å². The Bertz CT molecular complexity index is 744. The van der Waals surface area contributed by atoms with E-state index in [1.54, 1.807) is 0 Å². The van der Waals surface area contributed by atoms with Crippen molar-refractivity contribution in [3.8, 4) is 17.2 Å². The van der Waals surface area contributed by atoms with Gasteiger partial charge in [-0.15, -0.1) is 0 Å². The summed E-state index contributed by atoms with van der Waals surface area (Å²) in [4.78, 5) is 12.4. The molecule has 1 aliphatic heterocycles. The smallest absolute Gasteiger partial charge is 0.225 e. The lowest BCUT2D eigenvalue weighted by Crippen LogP contribution is -2.17. The first kappa shape index (κ1) is 17.1. The average molecular weight is 341 g/mol. The molecule has 3 rings (SSSR count). The zero-order valence-electron chi connectivity index (χ0n) is 14.6. The van der Waals surface area contributed by atoms with E-state index in [9.17, 15) is 4.79 Å². The highest BCUT2D eigenvalue weighted by atomic mass is 16.6. The number of rotatable bonds is 6. The number of hydrogen-bond acceptors (Lipinski definition) is 4. The summed E-state index contributed by atoms with van der Waals surface area (Å²) in [5.74, 6) is 2.21. The molecular weight excluding hydrogens is 318 g/mol. The summed E-state index contributed by atoms with van der Waals surface area (Å²) in [6, 6.07) is 13.3. The molecule has 1 amide bonds. The van der Waals surface area contributed by atoms with Crippen LogP contribution in [0.4, 0.5) is 5.69 Å². The largest absolute Gasteiger partial charge is 0.492 e. The Balaban J connectivity index is 1.65. The van der Waals surface area contributed by atoms with Crippen molar-refractivity contribution in [3.63, 3.8) is 0 Å². The second kappa shape index (κ2) is 7.92. The lowest BCUT2D eigenvalue weighted by Gasteiger charge is -2.20. The van der Waals surface area contributed by atoms with Crippen LogP contribution in [0.25, 0.3) is 0 Å². The van der Waals surface area contributed by atoms with E-state index >= 15 is 0 Å². The van der Waals surface area contributed by atoms with Gasteiger partial charge in [0.2, 0.25) is 5.91 Å². The van der Waals surface area contributed by atoms with Gasteiger partial charge < -0.3 is 19.5 Å². The summed E-state index contributed by atoms with van der Waals surface area (Å²) in [5, 5.41) is 2.94. The van der Waals surface area contributed by atoms with Crippen molar-refractivity contribution in [2.75, 3.05) is 25.1 Å². The van der Waals surface area contributed by atoms with Crippen molar-refractivity contribution in [2.24, 2.45) is 0 Å². The fraction of sp³-hybridized carbons (Fsp3) is 0.350. The Morgan fingerprint density at radius 3 is 2.72 bits per heavy atom. The van der Waals surface area contributed by atoms with Crippen LogP contribution in [0.1, 0.15) is 31.7 Å². The third kappa shape index (κ3) is 4.24. The third-order valence-corrected chi connectivity index (χ3v) is 4.09. The number of amides is 1. The first-order valence-corrected chi connectivity index (χ1v) is 8.58. The quantitative estimate of drug-likeness (QED) is 0.863. The summed E-state index contributed by atoms with van der Waals surface area (Å²) in [6.07, 6.45) is 0.375. The van der Waals surface area contributed by atoms with Gasteiger partial charge in [0.15, 0.2) is 11.5 Å². The van der Waals surface area contributed by atoms with E-state index in [1.807, 2.05) is 56.3 Å². The van der Waals surface area contributed by atoms with Crippen LogP contribution in [0.3, 0.4) is 0 Å². The SMILES string of the molecule is CCOc1ccccc1NC(=O)CC(C)c1ccc2c(c1)OCCO2. The highest BCUT2D eigenvalue weighted by molar-refractivity contribution is 5.92. The van der Waals surface area contributed by atoms with Crippen LogP contribution in [0.5, 0.6) is 17.2 Å². The highest BCUT2D eigenvalue weighted by Gasteiger charge is 2.17. The van der Waals surface area contributed by atoms with E-state index in [2.05, 4.69) is 5.32 Å². The van der Waals surface area contributed by atoms with Crippen LogP contribution in [0, 0.1) is 0 Å². The Morgan fingerprint density at radius 2 is 1.92 bits per heavy atom. The molecule has 132 valence electrons. The summed E-state index contributed by atoms with van der Waals surface area (Å²) in [5.41, 5.74) is 1.75. The molecule has 1 heterocycles. The molecule has 0 aromatic heterocycles. The Morgan fingerprint density at radius 1 is 1.16 bits per heavy atom. The van der Waals surface area contributed by atoms with Crippen molar-refractivity contribution >= 4 is 11.6 Å². The number of para-hydroxylation sites is 2. The second-order valence-electron chi connectivity index (χ2n) is 5.99. The number of anilines is 1. The van der Waals surface area contributed by atoms with Crippen LogP contribution in [-0.4, -0.2) is 25.7 Å². The molecule has 5 heteroatoms. The van der Waals surface area contributed by atoms with Gasteiger partial charge in [-0.1, -0.05) is 25.1 Å². The predicted molar refractivity (Wildman–Crippen MR) is 96.7 cm³/mol. The molecular formula is C20H23NO4. The number of hydrogen-bond donors (Lipinski definition) is 1. The highest BCUT2D eigenvalue weighted by Crippen LogP contribution is 2.34. The minimum absolute atomic E-state index is 0.0467. The van der Waals surface area contributed by atoms with E-state index in [4.69, 9.17) is 14.2 Å². The molecule has 1 atom stereocenters. The average Bonchev–Trinajstić information content (AvgIpc) is 2.63. The van der Waals surface area contributed by atoms with E-state index in [1.165, 1.54) is 0 Å². The molecule has 0 bridgehead atoms. The summed E-state index contributed by atoms with van der Waals surface area (Å²) < 4.78 is 16.7. The molecule has 0 radical (unpaired) electrons.